The zero-order chi connectivity index (χ0) is 24.0. The molecule has 174 valence electrons. The Labute approximate surface area is 193 Å². The minimum absolute atomic E-state index is 0.0436. The van der Waals surface area contributed by atoms with Crippen molar-refractivity contribution in [1.29, 1.82) is 0 Å². The van der Waals surface area contributed by atoms with Crippen LogP contribution in [-0.4, -0.2) is 41.7 Å². The maximum Gasteiger partial charge on any atom is 0.316 e. The molecule has 33 heavy (non-hydrogen) atoms. The van der Waals surface area contributed by atoms with Crippen molar-refractivity contribution in [2.24, 2.45) is 0 Å². The van der Waals surface area contributed by atoms with Crippen LogP contribution in [0.3, 0.4) is 0 Å². The molecule has 3 aromatic rings. The van der Waals surface area contributed by atoms with Crippen LogP contribution < -0.4 is 15.4 Å². The monoisotopic (exact) mass is 450 g/mol. The number of benzene rings is 2. The Morgan fingerprint density at radius 2 is 1.70 bits per heavy atom. The summed E-state index contributed by atoms with van der Waals surface area (Å²) in [5, 5.41) is 9.23. The van der Waals surface area contributed by atoms with E-state index >= 15 is 0 Å². The molecule has 0 unspecified atom stereocenters. The lowest BCUT2D eigenvalue weighted by atomic mass is 9.87. The second-order valence-corrected chi connectivity index (χ2v) is 8.84. The number of hydrogen-bond acceptors (Lipinski definition) is 6. The predicted octanol–water partition coefficient (Wildman–Crippen LogP) is 3.58. The molecule has 3 rings (SSSR count). The Kier molecular flexibility index (Phi) is 7.48. The van der Waals surface area contributed by atoms with E-state index in [0.29, 0.717) is 11.6 Å². The van der Waals surface area contributed by atoms with Gasteiger partial charge in [-0.3, -0.25) is 9.59 Å². The van der Waals surface area contributed by atoms with E-state index in [1.807, 2.05) is 56.3 Å². The average Bonchev–Trinajstić information content (AvgIpc) is 3.27. The minimum Gasteiger partial charge on any atom is -0.483 e. The summed E-state index contributed by atoms with van der Waals surface area (Å²) in [6, 6.07) is 13.5. The highest BCUT2D eigenvalue weighted by Crippen LogP contribution is 2.25. The lowest BCUT2D eigenvalue weighted by molar-refractivity contribution is -0.123. The van der Waals surface area contributed by atoms with E-state index in [2.05, 4.69) is 41.5 Å². The first-order chi connectivity index (χ1) is 15.6. The van der Waals surface area contributed by atoms with Crippen molar-refractivity contribution in [3.8, 4) is 17.1 Å². The molecule has 2 aromatic carbocycles. The van der Waals surface area contributed by atoms with Crippen LogP contribution in [0.15, 0.2) is 47.0 Å². The Morgan fingerprint density at radius 3 is 2.39 bits per heavy atom. The number of amides is 2. The van der Waals surface area contributed by atoms with E-state index in [-0.39, 0.29) is 36.9 Å². The first-order valence-electron chi connectivity index (χ1n) is 10.8. The third-order valence-electron chi connectivity index (χ3n) is 5.28. The van der Waals surface area contributed by atoms with Gasteiger partial charge in [-0.15, -0.1) is 0 Å². The Hall–Kier alpha value is -3.68. The number of aryl methyl sites for hydroxylation is 1. The van der Waals surface area contributed by atoms with Gasteiger partial charge in [-0.25, -0.2) is 0 Å². The molecule has 0 aliphatic rings. The molecule has 0 saturated carbocycles. The second kappa shape index (κ2) is 10.3. The van der Waals surface area contributed by atoms with E-state index in [1.54, 1.807) is 0 Å². The standard InChI is InChI=1S/C25H30N4O4/c1-16-7-6-8-20(17(16)2)32-15-21(30)26-13-14-27-23(31)24-28-22(29-33-24)18-9-11-19(12-10-18)25(3,4)5/h6-12H,13-15H2,1-5H3,(H,26,30)(H,27,31). The van der Waals surface area contributed by atoms with Crippen molar-refractivity contribution in [1.82, 2.24) is 20.8 Å². The van der Waals surface area contributed by atoms with E-state index in [4.69, 9.17) is 9.26 Å². The highest BCUT2D eigenvalue weighted by Gasteiger charge is 2.17. The van der Waals surface area contributed by atoms with Crippen molar-refractivity contribution in [3.05, 3.63) is 65.0 Å². The lowest BCUT2D eigenvalue weighted by Gasteiger charge is -2.18. The number of nitrogens with zero attached hydrogens (tertiary/aromatic N) is 2. The van der Waals surface area contributed by atoms with Crippen molar-refractivity contribution in [2.75, 3.05) is 19.7 Å². The third kappa shape index (κ3) is 6.41. The smallest absolute Gasteiger partial charge is 0.316 e. The number of aromatic nitrogens is 2. The largest absolute Gasteiger partial charge is 0.483 e. The van der Waals surface area contributed by atoms with Crippen LogP contribution in [0.5, 0.6) is 5.75 Å². The maximum absolute atomic E-state index is 12.3. The average molecular weight is 451 g/mol. The first kappa shape index (κ1) is 24.0. The zero-order valence-electron chi connectivity index (χ0n) is 19.7. The van der Waals surface area contributed by atoms with Crippen molar-refractivity contribution in [3.63, 3.8) is 0 Å². The predicted molar refractivity (Wildman–Crippen MR) is 125 cm³/mol. The van der Waals surface area contributed by atoms with E-state index in [1.165, 1.54) is 5.56 Å². The van der Waals surface area contributed by atoms with Crippen LogP contribution >= 0.6 is 0 Å². The highest BCUT2D eigenvalue weighted by molar-refractivity contribution is 5.89. The number of hydrogen-bond donors (Lipinski definition) is 2. The van der Waals surface area contributed by atoms with Gasteiger partial charge in [-0.05, 0) is 42.0 Å². The molecule has 1 heterocycles. The molecule has 2 N–H and O–H groups in total. The number of ether oxygens (including phenoxy) is 1. The minimum atomic E-state index is -0.499. The van der Waals surface area contributed by atoms with Gasteiger partial charge in [0.25, 0.3) is 5.91 Å². The molecule has 2 amide bonds. The van der Waals surface area contributed by atoms with Gasteiger partial charge in [0.1, 0.15) is 5.75 Å². The summed E-state index contributed by atoms with van der Waals surface area (Å²) in [4.78, 5) is 28.4. The fraction of sp³-hybridized carbons (Fsp3) is 0.360. The third-order valence-corrected chi connectivity index (χ3v) is 5.28. The summed E-state index contributed by atoms with van der Waals surface area (Å²) in [6.45, 7) is 10.7. The first-order valence-corrected chi connectivity index (χ1v) is 10.8. The van der Waals surface area contributed by atoms with Gasteiger partial charge in [-0.1, -0.05) is 62.3 Å². The summed E-state index contributed by atoms with van der Waals surface area (Å²) in [7, 11) is 0. The fourth-order valence-corrected chi connectivity index (χ4v) is 3.08. The fourth-order valence-electron chi connectivity index (χ4n) is 3.08. The molecular weight excluding hydrogens is 420 g/mol. The van der Waals surface area contributed by atoms with Gasteiger partial charge in [0.05, 0.1) is 0 Å². The van der Waals surface area contributed by atoms with E-state index in [9.17, 15) is 9.59 Å². The van der Waals surface area contributed by atoms with Gasteiger partial charge in [0.15, 0.2) is 6.61 Å². The van der Waals surface area contributed by atoms with Gasteiger partial charge >= 0.3 is 11.8 Å². The number of rotatable bonds is 8. The summed E-state index contributed by atoms with van der Waals surface area (Å²) in [5.74, 6) is 0.121. The van der Waals surface area contributed by atoms with Crippen molar-refractivity contribution >= 4 is 11.8 Å². The maximum atomic E-state index is 12.3. The van der Waals surface area contributed by atoms with Gasteiger partial charge in [0, 0.05) is 18.7 Å². The van der Waals surface area contributed by atoms with Crippen LogP contribution in [0, 0.1) is 13.8 Å². The summed E-state index contributed by atoms with van der Waals surface area (Å²) >= 11 is 0. The van der Waals surface area contributed by atoms with Gasteiger partial charge in [-0.2, -0.15) is 4.98 Å². The van der Waals surface area contributed by atoms with Crippen LogP contribution in [0.25, 0.3) is 11.4 Å². The van der Waals surface area contributed by atoms with E-state index in [0.717, 1.165) is 16.7 Å². The van der Waals surface area contributed by atoms with Crippen molar-refractivity contribution in [2.45, 2.75) is 40.0 Å². The molecule has 0 bridgehead atoms. The molecule has 8 nitrogen and oxygen atoms in total. The molecule has 8 heteroatoms. The van der Waals surface area contributed by atoms with Crippen LogP contribution in [0.4, 0.5) is 0 Å². The van der Waals surface area contributed by atoms with Crippen LogP contribution in [-0.2, 0) is 10.2 Å². The van der Waals surface area contributed by atoms with Gasteiger partial charge in [0.2, 0.25) is 5.82 Å². The zero-order valence-corrected chi connectivity index (χ0v) is 19.7. The molecular formula is C25H30N4O4. The van der Waals surface area contributed by atoms with Crippen LogP contribution in [0.1, 0.15) is 48.1 Å². The summed E-state index contributed by atoms with van der Waals surface area (Å²) in [5.41, 5.74) is 4.10. The van der Waals surface area contributed by atoms with Gasteiger partial charge < -0.3 is 19.9 Å². The lowest BCUT2D eigenvalue weighted by Crippen LogP contribution is -2.36. The van der Waals surface area contributed by atoms with E-state index < -0.39 is 5.91 Å². The quantitative estimate of drug-likeness (QED) is 0.508. The normalized spacial score (nSPS) is 11.2. The molecule has 0 aliphatic carbocycles. The molecule has 0 saturated heterocycles. The second-order valence-electron chi connectivity index (χ2n) is 8.84. The molecule has 0 atom stereocenters. The summed E-state index contributed by atoms with van der Waals surface area (Å²) < 4.78 is 10.6. The molecule has 1 aromatic heterocycles. The Morgan fingerprint density at radius 1 is 1.00 bits per heavy atom. The Bertz CT molecular complexity index is 1110. The molecule has 0 spiro atoms. The molecule has 0 aliphatic heterocycles. The molecule has 0 radical (unpaired) electrons. The summed E-state index contributed by atoms with van der Waals surface area (Å²) in [6.07, 6.45) is 0. The van der Waals surface area contributed by atoms with Crippen molar-refractivity contribution < 1.29 is 18.8 Å². The topological polar surface area (TPSA) is 106 Å². The Balaban J connectivity index is 1.42. The number of carbonyl (C=O) groups is 2. The molecule has 0 fully saturated rings. The van der Waals surface area contributed by atoms with Crippen LogP contribution in [0.2, 0.25) is 0 Å². The number of carbonyl (C=O) groups excluding carboxylic acids is 2. The SMILES string of the molecule is Cc1cccc(OCC(=O)NCCNC(=O)c2nc(-c3ccc(C(C)(C)C)cc3)no2)c1C. The highest BCUT2D eigenvalue weighted by atomic mass is 16.5. The number of nitrogens with one attached hydrogen (secondary N) is 2.